The third-order valence-electron chi connectivity index (χ3n) is 5.43. The van der Waals surface area contributed by atoms with Gasteiger partial charge in [-0.15, -0.1) is 0 Å². The van der Waals surface area contributed by atoms with Crippen molar-refractivity contribution in [1.29, 1.82) is 0 Å². The largest absolute Gasteiger partial charge is 0.458 e. The monoisotopic (exact) mass is 282 g/mol. The Hall–Kier alpha value is -0.910. The smallest absolute Gasteiger partial charge is 0.334 e. The van der Waals surface area contributed by atoms with Crippen LogP contribution in [0, 0.1) is 17.3 Å². The van der Waals surface area contributed by atoms with Crippen LogP contribution in [0.3, 0.4) is 0 Å². The Bertz CT molecular complexity index is 481. The Morgan fingerprint density at radius 3 is 2.70 bits per heavy atom. The maximum absolute atomic E-state index is 11.8. The molecular formula is C15H22O5. The van der Waals surface area contributed by atoms with Crippen LogP contribution in [0.15, 0.2) is 11.1 Å². The van der Waals surface area contributed by atoms with Crippen LogP contribution in [0.4, 0.5) is 0 Å². The van der Waals surface area contributed by atoms with Crippen molar-refractivity contribution in [3.8, 4) is 0 Å². The van der Waals surface area contributed by atoms with E-state index in [0.717, 1.165) is 0 Å². The Morgan fingerprint density at radius 1 is 1.35 bits per heavy atom. The molecule has 0 aromatic rings. The number of cyclic esters (lactones) is 1. The molecule has 1 aliphatic heterocycles. The summed E-state index contributed by atoms with van der Waals surface area (Å²) >= 11 is 0. The number of rotatable bonds is 1. The molecule has 0 unspecified atom stereocenters. The van der Waals surface area contributed by atoms with E-state index in [2.05, 4.69) is 0 Å². The van der Waals surface area contributed by atoms with Gasteiger partial charge in [-0.05, 0) is 37.0 Å². The molecule has 0 amide bonds. The summed E-state index contributed by atoms with van der Waals surface area (Å²) in [6.07, 6.45) is 0.773. The summed E-state index contributed by atoms with van der Waals surface area (Å²) in [4.78, 5) is 11.8. The van der Waals surface area contributed by atoms with Crippen molar-refractivity contribution in [3.63, 3.8) is 0 Å². The first-order valence-electron chi connectivity index (χ1n) is 7.18. The van der Waals surface area contributed by atoms with Crippen molar-refractivity contribution in [2.75, 3.05) is 13.2 Å². The average Bonchev–Trinajstić information content (AvgIpc) is 2.90. The zero-order valence-corrected chi connectivity index (χ0v) is 11.9. The second kappa shape index (κ2) is 4.29. The molecule has 3 rings (SSSR count). The van der Waals surface area contributed by atoms with Gasteiger partial charge in [0.1, 0.15) is 6.61 Å². The molecule has 3 N–H and O–H groups in total. The van der Waals surface area contributed by atoms with Crippen LogP contribution in [0.2, 0.25) is 0 Å². The first-order valence-corrected chi connectivity index (χ1v) is 7.18. The average molecular weight is 282 g/mol. The fourth-order valence-electron chi connectivity index (χ4n) is 4.26. The van der Waals surface area contributed by atoms with Gasteiger partial charge in [-0.25, -0.2) is 4.79 Å². The SMILES string of the molecule is C[C@]1(CO)C[C@H]2[C@@H](C1)[C@](C)(O)CC1=C(COC1=O)[C@@H]2O. The molecule has 112 valence electrons. The maximum atomic E-state index is 11.8. The Balaban J connectivity index is 2.01. The van der Waals surface area contributed by atoms with E-state index in [1.165, 1.54) is 0 Å². The zero-order chi connectivity index (χ0) is 14.7. The first-order chi connectivity index (χ1) is 9.27. The highest BCUT2D eigenvalue weighted by atomic mass is 16.5. The predicted octanol–water partition coefficient (Wildman–Crippen LogP) is 0.380. The van der Waals surface area contributed by atoms with E-state index in [0.29, 0.717) is 24.0 Å². The zero-order valence-electron chi connectivity index (χ0n) is 11.9. The van der Waals surface area contributed by atoms with Gasteiger partial charge in [0.25, 0.3) is 0 Å². The molecule has 0 radical (unpaired) electrons. The van der Waals surface area contributed by atoms with Crippen molar-refractivity contribution in [2.45, 2.75) is 44.8 Å². The lowest BCUT2D eigenvalue weighted by molar-refractivity contribution is -0.137. The topological polar surface area (TPSA) is 87.0 Å². The van der Waals surface area contributed by atoms with Crippen LogP contribution in [-0.4, -0.2) is 46.2 Å². The van der Waals surface area contributed by atoms with Gasteiger partial charge in [-0.2, -0.15) is 0 Å². The van der Waals surface area contributed by atoms with E-state index in [1.807, 2.05) is 6.92 Å². The number of ether oxygens (including phenoxy) is 1. The van der Waals surface area contributed by atoms with Gasteiger partial charge < -0.3 is 20.1 Å². The molecule has 0 bridgehead atoms. The molecule has 0 saturated heterocycles. The van der Waals surface area contributed by atoms with Crippen LogP contribution in [0.25, 0.3) is 0 Å². The van der Waals surface area contributed by atoms with E-state index in [-0.39, 0.29) is 36.9 Å². The number of fused-ring (bicyclic) bond motifs is 1. The highest BCUT2D eigenvalue weighted by Gasteiger charge is 2.55. The van der Waals surface area contributed by atoms with Crippen LogP contribution in [0.5, 0.6) is 0 Å². The lowest BCUT2D eigenvalue weighted by atomic mass is 9.78. The highest BCUT2D eigenvalue weighted by Crippen LogP contribution is 2.55. The Morgan fingerprint density at radius 2 is 2.05 bits per heavy atom. The summed E-state index contributed by atoms with van der Waals surface area (Å²) < 4.78 is 5.01. The van der Waals surface area contributed by atoms with Crippen LogP contribution < -0.4 is 0 Å². The lowest BCUT2D eigenvalue weighted by Crippen LogP contribution is -2.39. The number of carbonyl (C=O) groups excluding carboxylic acids is 1. The van der Waals surface area contributed by atoms with Gasteiger partial charge in [0.2, 0.25) is 0 Å². The normalized spacial score (nSPS) is 47.9. The minimum absolute atomic E-state index is 0.0458. The fourth-order valence-corrected chi connectivity index (χ4v) is 4.26. The van der Waals surface area contributed by atoms with Crippen molar-refractivity contribution >= 4 is 5.97 Å². The Labute approximate surface area is 118 Å². The molecule has 0 spiro atoms. The predicted molar refractivity (Wildman–Crippen MR) is 70.6 cm³/mol. The minimum atomic E-state index is -1.06. The van der Waals surface area contributed by atoms with E-state index in [4.69, 9.17) is 4.74 Å². The summed E-state index contributed by atoms with van der Waals surface area (Å²) in [6, 6.07) is 0. The first kappa shape index (κ1) is 14.0. The van der Waals surface area contributed by atoms with Gasteiger partial charge in [-0.3, -0.25) is 0 Å². The summed E-state index contributed by atoms with van der Waals surface area (Å²) in [7, 11) is 0. The summed E-state index contributed by atoms with van der Waals surface area (Å²) in [5, 5.41) is 31.0. The minimum Gasteiger partial charge on any atom is -0.458 e. The standard InChI is InChI=1S/C15H22O5/c1-14(7-16)3-9-11(5-14)15(2,19)4-8-10(12(9)17)6-20-13(8)18/h9,11-12,16-17,19H,3-7H2,1-2H3/t9-,11+,12+,14-,15+/m0/s1. The van der Waals surface area contributed by atoms with Crippen molar-refractivity contribution in [3.05, 3.63) is 11.1 Å². The molecule has 2 aliphatic carbocycles. The fraction of sp³-hybridized carbons (Fsp3) is 0.800. The third kappa shape index (κ3) is 1.91. The molecule has 0 aromatic carbocycles. The molecular weight excluding hydrogens is 260 g/mol. The second-order valence-electron chi connectivity index (χ2n) is 7.21. The summed E-state index contributed by atoms with van der Waals surface area (Å²) in [5.41, 5.74) is -0.256. The third-order valence-corrected chi connectivity index (χ3v) is 5.43. The summed E-state index contributed by atoms with van der Waals surface area (Å²) in [6.45, 7) is 3.88. The van der Waals surface area contributed by atoms with Gasteiger partial charge in [-0.1, -0.05) is 6.92 Å². The van der Waals surface area contributed by atoms with Crippen molar-refractivity contribution in [1.82, 2.24) is 0 Å². The number of hydrogen-bond donors (Lipinski definition) is 3. The molecule has 20 heavy (non-hydrogen) atoms. The maximum Gasteiger partial charge on any atom is 0.334 e. The van der Waals surface area contributed by atoms with Crippen LogP contribution in [0.1, 0.15) is 33.1 Å². The quantitative estimate of drug-likeness (QED) is 0.605. The van der Waals surface area contributed by atoms with Gasteiger partial charge in [0, 0.05) is 24.2 Å². The van der Waals surface area contributed by atoms with Crippen LogP contribution in [-0.2, 0) is 9.53 Å². The molecule has 5 atom stereocenters. The number of aliphatic hydroxyl groups is 3. The van der Waals surface area contributed by atoms with E-state index in [9.17, 15) is 20.1 Å². The molecule has 1 saturated carbocycles. The number of esters is 1. The van der Waals surface area contributed by atoms with Gasteiger partial charge >= 0.3 is 5.97 Å². The molecule has 5 nitrogen and oxygen atoms in total. The van der Waals surface area contributed by atoms with E-state index in [1.54, 1.807) is 6.92 Å². The number of carbonyl (C=O) groups is 1. The number of hydrogen-bond acceptors (Lipinski definition) is 5. The summed E-state index contributed by atoms with van der Waals surface area (Å²) in [5.74, 6) is -0.665. The van der Waals surface area contributed by atoms with Gasteiger partial charge in [0.15, 0.2) is 0 Å². The highest BCUT2D eigenvalue weighted by molar-refractivity contribution is 5.92. The Kier molecular flexibility index (Phi) is 3.01. The lowest BCUT2D eigenvalue weighted by Gasteiger charge is -2.34. The molecule has 1 heterocycles. The van der Waals surface area contributed by atoms with E-state index < -0.39 is 17.7 Å². The molecule has 3 aliphatic rings. The van der Waals surface area contributed by atoms with Crippen molar-refractivity contribution < 1.29 is 24.9 Å². The van der Waals surface area contributed by atoms with E-state index >= 15 is 0 Å². The number of aliphatic hydroxyl groups excluding tert-OH is 2. The molecule has 1 fully saturated rings. The molecule has 5 heteroatoms. The van der Waals surface area contributed by atoms with Crippen molar-refractivity contribution in [2.24, 2.45) is 17.3 Å². The van der Waals surface area contributed by atoms with Gasteiger partial charge in [0.05, 0.1) is 11.7 Å². The molecule has 0 aromatic heterocycles. The second-order valence-corrected chi connectivity index (χ2v) is 7.21. The van der Waals surface area contributed by atoms with Crippen LogP contribution >= 0.6 is 0 Å².